The molecule has 0 bridgehead atoms. The Labute approximate surface area is 175 Å². The van der Waals surface area contributed by atoms with Gasteiger partial charge < -0.3 is 0 Å². The first-order valence-corrected chi connectivity index (χ1v) is 10.1. The Morgan fingerprint density at radius 1 is 0.600 bits per heavy atom. The molecule has 0 aliphatic rings. The van der Waals surface area contributed by atoms with Crippen molar-refractivity contribution in [2.75, 3.05) is 0 Å². The molecule has 5 nitrogen and oxygen atoms in total. The fourth-order valence-electron chi connectivity index (χ4n) is 3.73. The Hall–Kier alpha value is -3.73. The lowest BCUT2D eigenvalue weighted by Crippen LogP contribution is -2.02. The van der Waals surface area contributed by atoms with Gasteiger partial charge in [0.05, 0.1) is 17.1 Å². The zero-order valence-corrected chi connectivity index (χ0v) is 17.6. The molecule has 0 aliphatic carbocycles. The van der Waals surface area contributed by atoms with Gasteiger partial charge in [-0.25, -0.2) is 14.2 Å². The van der Waals surface area contributed by atoms with Crippen LogP contribution in [0.2, 0.25) is 0 Å². The van der Waals surface area contributed by atoms with Gasteiger partial charge in [0.15, 0.2) is 11.5 Å². The number of hydrogen-bond acceptors (Lipinski definition) is 3. The van der Waals surface area contributed by atoms with Gasteiger partial charge in [-0.3, -0.25) is 0 Å². The molecule has 5 heteroatoms. The molecule has 148 valence electrons. The molecule has 0 saturated heterocycles. The topological polar surface area (TPSA) is 48.0 Å². The molecule has 0 saturated carbocycles. The molecule has 30 heavy (non-hydrogen) atoms. The molecule has 3 aromatic heterocycles. The molecule has 5 aromatic rings. The van der Waals surface area contributed by atoms with E-state index in [2.05, 4.69) is 74.5 Å². The summed E-state index contributed by atoms with van der Waals surface area (Å²) >= 11 is 0. The lowest BCUT2D eigenvalue weighted by Gasteiger charge is -2.07. The van der Waals surface area contributed by atoms with E-state index in [9.17, 15) is 0 Å². The third-order valence-electron chi connectivity index (χ3n) is 5.29. The monoisotopic (exact) mass is 393 g/mol. The Morgan fingerprint density at radius 3 is 1.80 bits per heavy atom. The zero-order valence-electron chi connectivity index (χ0n) is 17.6. The lowest BCUT2D eigenvalue weighted by atomic mass is 10.1. The molecule has 0 atom stereocenters. The quantitative estimate of drug-likeness (QED) is 0.408. The largest absolute Gasteiger partial charge is 0.234 e. The van der Waals surface area contributed by atoms with Crippen LogP contribution in [0.25, 0.3) is 34.0 Å². The van der Waals surface area contributed by atoms with E-state index in [0.29, 0.717) is 0 Å². The number of fused-ring (bicyclic) bond motifs is 1. The van der Waals surface area contributed by atoms with Crippen LogP contribution in [-0.2, 0) is 0 Å². The van der Waals surface area contributed by atoms with Gasteiger partial charge in [0, 0.05) is 22.9 Å². The second-order valence-corrected chi connectivity index (χ2v) is 7.87. The highest BCUT2D eigenvalue weighted by atomic mass is 15.4. The highest BCUT2D eigenvalue weighted by Crippen LogP contribution is 2.26. The van der Waals surface area contributed by atoms with Crippen molar-refractivity contribution in [1.29, 1.82) is 0 Å². The summed E-state index contributed by atoms with van der Waals surface area (Å²) in [4.78, 5) is 4.71. The molecule has 0 fully saturated rings. The van der Waals surface area contributed by atoms with Crippen molar-refractivity contribution in [3.05, 3.63) is 89.2 Å². The second kappa shape index (κ2) is 6.95. The van der Waals surface area contributed by atoms with Crippen LogP contribution in [0.4, 0.5) is 0 Å². The average molecular weight is 393 g/mol. The van der Waals surface area contributed by atoms with E-state index in [0.717, 1.165) is 45.4 Å². The molecule has 0 unspecified atom stereocenters. The van der Waals surface area contributed by atoms with E-state index in [4.69, 9.17) is 15.2 Å². The lowest BCUT2D eigenvalue weighted by molar-refractivity contribution is 0.809. The minimum atomic E-state index is 0.755. The van der Waals surface area contributed by atoms with E-state index >= 15 is 0 Å². The number of aryl methyl sites for hydroxylation is 4. The maximum absolute atomic E-state index is 4.89. The van der Waals surface area contributed by atoms with Crippen LogP contribution in [-0.4, -0.2) is 24.4 Å². The van der Waals surface area contributed by atoms with E-state index in [-0.39, 0.29) is 0 Å². The number of hydrogen-bond donors (Lipinski definition) is 0. The van der Waals surface area contributed by atoms with Crippen LogP contribution in [0.15, 0.2) is 66.7 Å². The second-order valence-electron chi connectivity index (χ2n) is 7.87. The Bertz CT molecular complexity index is 1360. The van der Waals surface area contributed by atoms with E-state index < -0.39 is 0 Å². The normalized spacial score (nSPS) is 11.3. The van der Waals surface area contributed by atoms with Crippen molar-refractivity contribution in [3.8, 4) is 28.3 Å². The molecule has 0 spiro atoms. The van der Waals surface area contributed by atoms with Crippen molar-refractivity contribution in [2.45, 2.75) is 27.7 Å². The molecule has 5 rings (SSSR count). The molecule has 2 aromatic carbocycles. The highest BCUT2D eigenvalue weighted by molar-refractivity contribution is 5.66. The van der Waals surface area contributed by atoms with E-state index in [1.165, 1.54) is 11.1 Å². The molecule has 0 N–H and O–H groups in total. The fourth-order valence-corrected chi connectivity index (χ4v) is 3.73. The van der Waals surface area contributed by atoms with Crippen LogP contribution >= 0.6 is 0 Å². The third kappa shape index (κ3) is 3.18. The summed E-state index contributed by atoms with van der Waals surface area (Å²) in [5, 5.41) is 9.62. The first-order chi connectivity index (χ1) is 14.5. The molecular weight excluding hydrogens is 370 g/mol. The van der Waals surface area contributed by atoms with Crippen molar-refractivity contribution in [2.24, 2.45) is 0 Å². The van der Waals surface area contributed by atoms with Crippen LogP contribution in [0.3, 0.4) is 0 Å². The van der Waals surface area contributed by atoms with E-state index in [1.807, 2.05) is 29.1 Å². The first kappa shape index (κ1) is 18.3. The van der Waals surface area contributed by atoms with Crippen LogP contribution < -0.4 is 0 Å². The summed E-state index contributed by atoms with van der Waals surface area (Å²) in [5.74, 6) is 0.755. The molecule has 0 amide bonds. The van der Waals surface area contributed by atoms with Crippen LogP contribution in [0, 0.1) is 27.7 Å². The predicted molar refractivity (Wildman–Crippen MR) is 120 cm³/mol. The van der Waals surface area contributed by atoms with Crippen molar-refractivity contribution >= 4 is 5.65 Å². The molecule has 0 aliphatic heterocycles. The fraction of sp³-hybridized carbons (Fsp3) is 0.160. The number of nitrogens with zero attached hydrogens (tertiary/aromatic N) is 5. The third-order valence-corrected chi connectivity index (χ3v) is 5.29. The summed E-state index contributed by atoms with van der Waals surface area (Å²) in [7, 11) is 0. The molecular formula is C25H23N5. The van der Waals surface area contributed by atoms with Gasteiger partial charge in [0.25, 0.3) is 0 Å². The minimum absolute atomic E-state index is 0.755. The molecule has 0 radical (unpaired) electrons. The smallest absolute Gasteiger partial charge is 0.178 e. The number of benzene rings is 2. The van der Waals surface area contributed by atoms with Gasteiger partial charge in [0.1, 0.15) is 0 Å². The maximum atomic E-state index is 4.89. The summed E-state index contributed by atoms with van der Waals surface area (Å²) in [5.41, 5.74) is 9.44. The van der Waals surface area contributed by atoms with E-state index in [1.54, 1.807) is 0 Å². The van der Waals surface area contributed by atoms with Crippen LogP contribution in [0.5, 0.6) is 0 Å². The predicted octanol–water partition coefficient (Wildman–Crippen LogP) is 5.48. The van der Waals surface area contributed by atoms with Gasteiger partial charge in [-0.2, -0.15) is 5.10 Å². The number of aromatic nitrogens is 5. The van der Waals surface area contributed by atoms with Crippen molar-refractivity contribution in [3.63, 3.8) is 0 Å². The van der Waals surface area contributed by atoms with Crippen LogP contribution in [0.1, 0.15) is 22.5 Å². The maximum Gasteiger partial charge on any atom is 0.178 e. The zero-order chi connectivity index (χ0) is 20.8. The van der Waals surface area contributed by atoms with Gasteiger partial charge in [-0.1, -0.05) is 59.7 Å². The average Bonchev–Trinajstić information content (AvgIpc) is 3.32. The molecule has 3 heterocycles. The Balaban J connectivity index is 1.69. The summed E-state index contributed by atoms with van der Waals surface area (Å²) in [6.45, 7) is 8.20. The number of rotatable bonds is 3. The Morgan fingerprint density at radius 2 is 1.17 bits per heavy atom. The van der Waals surface area contributed by atoms with Gasteiger partial charge >= 0.3 is 0 Å². The van der Waals surface area contributed by atoms with Crippen molar-refractivity contribution in [1.82, 2.24) is 24.4 Å². The minimum Gasteiger partial charge on any atom is -0.234 e. The Kier molecular flexibility index (Phi) is 4.24. The first-order valence-electron chi connectivity index (χ1n) is 10.1. The van der Waals surface area contributed by atoms with Gasteiger partial charge in [-0.05, 0) is 39.8 Å². The van der Waals surface area contributed by atoms with Gasteiger partial charge in [-0.15, -0.1) is 5.10 Å². The summed E-state index contributed by atoms with van der Waals surface area (Å²) < 4.78 is 3.81. The van der Waals surface area contributed by atoms with Crippen molar-refractivity contribution < 1.29 is 0 Å². The SMILES string of the molecule is Cc1ccc(-c2cc(C)nn2-c2cc3nc(C)cc(-c4ccc(C)cc4)n3n2)cc1. The van der Waals surface area contributed by atoms with Gasteiger partial charge in [0.2, 0.25) is 0 Å². The summed E-state index contributed by atoms with van der Waals surface area (Å²) in [6.07, 6.45) is 0. The highest BCUT2D eigenvalue weighted by Gasteiger charge is 2.16. The standard InChI is InChI=1S/C25H23N5/c1-16-5-9-20(10-6-16)22-13-18(3)26-24-15-25(28-29(22)24)30-23(14-19(4)27-30)21-11-7-17(2)8-12-21/h5-15H,1-4H3. The summed E-state index contributed by atoms with van der Waals surface area (Å²) in [6, 6.07) is 23.1.